The average molecular weight is 876 g/mol. The van der Waals surface area contributed by atoms with E-state index < -0.39 is 57.4 Å². The van der Waals surface area contributed by atoms with Crippen molar-refractivity contribution >= 4 is 19.8 Å². The smallest absolute Gasteiger partial charge is 0.306 e. The first-order chi connectivity index (χ1) is 29.2. The van der Waals surface area contributed by atoms with Gasteiger partial charge < -0.3 is 43.2 Å². The fraction of sp³-hybridized carbons (Fsp3) is 0.583. The van der Waals surface area contributed by atoms with Gasteiger partial charge in [0.15, 0.2) is 6.10 Å². The summed E-state index contributed by atoms with van der Waals surface area (Å²) in [6, 6.07) is 0. The van der Waals surface area contributed by atoms with Gasteiger partial charge in [0.25, 0.3) is 7.82 Å². The van der Waals surface area contributed by atoms with Gasteiger partial charge in [-0.05, 0) is 64.2 Å². The van der Waals surface area contributed by atoms with Crippen LogP contribution in [0.1, 0.15) is 110 Å². The molecule has 0 spiro atoms. The van der Waals surface area contributed by atoms with Gasteiger partial charge in [0, 0.05) is 12.8 Å². The van der Waals surface area contributed by atoms with E-state index in [4.69, 9.17) is 18.5 Å². The van der Waals surface area contributed by atoms with Gasteiger partial charge in [0.05, 0.1) is 46.1 Å². The summed E-state index contributed by atoms with van der Waals surface area (Å²) in [6.07, 6.45) is 40.7. The Morgan fingerprint density at radius 1 is 0.656 bits per heavy atom. The predicted molar refractivity (Wildman–Crippen MR) is 244 cm³/mol. The van der Waals surface area contributed by atoms with E-state index in [-0.39, 0.29) is 32.3 Å². The second kappa shape index (κ2) is 38.2. The first kappa shape index (κ1) is 57.5. The Bertz CT molecular complexity index is 1460. The lowest BCUT2D eigenvalue weighted by Gasteiger charge is -2.28. The Balaban J connectivity index is 4.82. The van der Waals surface area contributed by atoms with Crippen LogP contribution in [0.15, 0.2) is 109 Å². The number of carbonyl (C=O) groups is 2. The molecule has 0 heterocycles. The number of ether oxygens (including phenoxy) is 2. The summed E-state index contributed by atoms with van der Waals surface area (Å²) in [5.74, 6) is -1.25. The number of phosphoric acid groups is 1. The third-order valence-corrected chi connectivity index (χ3v) is 9.61. The van der Waals surface area contributed by atoms with Gasteiger partial charge in [-0.3, -0.25) is 14.2 Å². The summed E-state index contributed by atoms with van der Waals surface area (Å²) in [5, 5.41) is 30.6. The maximum Gasteiger partial charge on any atom is 0.306 e. The number of carbonyl (C=O) groups excluding carboxylic acids is 2. The van der Waals surface area contributed by atoms with Crippen LogP contribution in [0.2, 0.25) is 0 Å². The largest absolute Gasteiger partial charge is 0.756 e. The van der Waals surface area contributed by atoms with E-state index in [2.05, 4.69) is 62.5 Å². The van der Waals surface area contributed by atoms with Crippen LogP contribution in [0.4, 0.5) is 0 Å². The molecule has 13 heteroatoms. The first-order valence-electron chi connectivity index (χ1n) is 21.9. The van der Waals surface area contributed by atoms with Crippen LogP contribution in [-0.2, 0) is 32.7 Å². The van der Waals surface area contributed by atoms with E-state index in [1.807, 2.05) is 33.3 Å². The third-order valence-electron chi connectivity index (χ3n) is 8.64. The van der Waals surface area contributed by atoms with E-state index in [0.717, 1.165) is 57.8 Å². The Morgan fingerprint density at radius 2 is 1.21 bits per heavy atom. The molecule has 3 N–H and O–H groups in total. The normalized spacial score (nSPS) is 16.1. The van der Waals surface area contributed by atoms with E-state index in [1.54, 1.807) is 42.5 Å². The molecule has 0 saturated carbocycles. The quantitative estimate of drug-likeness (QED) is 0.0136. The second-order valence-electron chi connectivity index (χ2n) is 15.5. The molecule has 0 aromatic heterocycles. The molecule has 0 saturated heterocycles. The minimum atomic E-state index is -4.74. The highest BCUT2D eigenvalue weighted by molar-refractivity contribution is 7.45. The highest BCUT2D eigenvalue weighted by atomic mass is 31.2. The number of likely N-dealkylation sites (N-methyl/N-ethyl adjacent to an activating group) is 1. The fourth-order valence-corrected chi connectivity index (χ4v) is 5.80. The summed E-state index contributed by atoms with van der Waals surface area (Å²) in [6.45, 7) is 3.50. The number of esters is 2. The van der Waals surface area contributed by atoms with Crippen molar-refractivity contribution in [3.63, 3.8) is 0 Å². The number of phosphoric ester groups is 1. The summed E-state index contributed by atoms with van der Waals surface area (Å²) in [4.78, 5) is 37.6. The molecule has 346 valence electrons. The highest BCUT2D eigenvalue weighted by Gasteiger charge is 2.22. The Morgan fingerprint density at radius 3 is 1.80 bits per heavy atom. The SMILES string of the molecule is CC/C=C\C/C=C\C/C=C\C/C=C\C/C=C\CCCC(=O)OC[C@H](COP(=O)([O-])OCC[N+](C)(C)C)OC(=O)CCC[C@H](O)[C@@H](O)/C=C/C=C/C=C\C=C\[C@@H](O)CCCCC. The molecule has 0 bridgehead atoms. The van der Waals surface area contributed by atoms with Crippen LogP contribution in [0.3, 0.4) is 0 Å². The van der Waals surface area contributed by atoms with Crippen molar-refractivity contribution in [2.45, 2.75) is 135 Å². The van der Waals surface area contributed by atoms with Crippen LogP contribution in [-0.4, -0.2) is 104 Å². The minimum absolute atomic E-state index is 0.0829. The van der Waals surface area contributed by atoms with Crippen molar-refractivity contribution in [2.24, 2.45) is 0 Å². The number of aliphatic hydroxyl groups excluding tert-OH is 3. The molecule has 0 aliphatic rings. The first-order valence-corrected chi connectivity index (χ1v) is 23.4. The van der Waals surface area contributed by atoms with Gasteiger partial charge in [-0.15, -0.1) is 0 Å². The zero-order chi connectivity index (χ0) is 45.5. The molecule has 0 rings (SSSR count). The summed E-state index contributed by atoms with van der Waals surface area (Å²) in [7, 11) is 0.896. The zero-order valence-electron chi connectivity index (χ0n) is 37.6. The number of aliphatic hydroxyl groups is 3. The molecule has 0 aromatic rings. The fourth-order valence-electron chi connectivity index (χ4n) is 5.07. The lowest BCUT2D eigenvalue weighted by Crippen LogP contribution is -2.37. The second-order valence-corrected chi connectivity index (χ2v) is 16.9. The van der Waals surface area contributed by atoms with E-state index in [1.165, 1.54) is 6.08 Å². The van der Waals surface area contributed by atoms with Crippen molar-refractivity contribution < 1.29 is 57.4 Å². The maximum absolute atomic E-state index is 12.7. The predicted octanol–water partition coefficient (Wildman–Crippen LogP) is 8.63. The molecule has 0 amide bonds. The molecular formula is C48H78NO11P. The van der Waals surface area contributed by atoms with Gasteiger partial charge >= 0.3 is 11.9 Å². The van der Waals surface area contributed by atoms with E-state index in [9.17, 15) is 34.4 Å². The molecule has 0 aliphatic heterocycles. The number of unbranched alkanes of at least 4 members (excludes halogenated alkanes) is 3. The van der Waals surface area contributed by atoms with Gasteiger partial charge in [-0.1, -0.05) is 142 Å². The minimum Gasteiger partial charge on any atom is -0.756 e. The molecule has 0 aromatic carbocycles. The van der Waals surface area contributed by atoms with Crippen LogP contribution >= 0.6 is 7.82 Å². The lowest BCUT2D eigenvalue weighted by atomic mass is 10.1. The van der Waals surface area contributed by atoms with Crippen LogP contribution < -0.4 is 4.89 Å². The molecule has 0 fully saturated rings. The van der Waals surface area contributed by atoms with Crippen molar-refractivity contribution in [1.82, 2.24) is 0 Å². The molecular weight excluding hydrogens is 797 g/mol. The van der Waals surface area contributed by atoms with Crippen LogP contribution in [0.5, 0.6) is 0 Å². The number of rotatable bonds is 37. The molecule has 61 heavy (non-hydrogen) atoms. The Labute approximate surface area is 367 Å². The number of allylic oxidation sites excluding steroid dienone is 16. The zero-order valence-corrected chi connectivity index (χ0v) is 38.5. The van der Waals surface area contributed by atoms with Gasteiger partial charge in [0.2, 0.25) is 0 Å². The van der Waals surface area contributed by atoms with Crippen molar-refractivity contribution in [3.8, 4) is 0 Å². The molecule has 1 unspecified atom stereocenters. The third kappa shape index (κ3) is 40.4. The van der Waals surface area contributed by atoms with Gasteiger partial charge in [0.1, 0.15) is 19.8 Å². The molecule has 0 radical (unpaired) electrons. The van der Waals surface area contributed by atoms with E-state index in [0.29, 0.717) is 23.9 Å². The molecule has 12 nitrogen and oxygen atoms in total. The van der Waals surface area contributed by atoms with Crippen LogP contribution in [0.25, 0.3) is 0 Å². The molecule has 5 atom stereocenters. The summed E-state index contributed by atoms with van der Waals surface area (Å²) >= 11 is 0. The number of nitrogens with zero attached hydrogens (tertiary/aromatic N) is 1. The summed E-state index contributed by atoms with van der Waals surface area (Å²) < 4.78 is 33.5. The number of hydrogen-bond donors (Lipinski definition) is 3. The van der Waals surface area contributed by atoms with Crippen LogP contribution in [0, 0.1) is 0 Å². The highest BCUT2D eigenvalue weighted by Crippen LogP contribution is 2.38. The van der Waals surface area contributed by atoms with Gasteiger partial charge in [-0.2, -0.15) is 0 Å². The summed E-state index contributed by atoms with van der Waals surface area (Å²) in [5.41, 5.74) is 0. The standard InChI is InChI=1S/C48H78NO11P/c1-6-8-10-11-12-13-14-15-16-17-18-19-20-21-22-27-31-37-47(53)57-41-44(42-59-61(55,56)58-40-39-49(3,4)5)60-48(54)38-32-36-46(52)45(51)35-30-26-24-23-25-29-34-43(50)33-28-9-7-2/h8,10,12-13,15-16,18-19,21-26,29-30,34-35,43-46,50-52H,6-7,9,11,14,17,20,27-28,31-33,36-42H2,1-5H3/b10-8-,13-12-,16-15-,19-18-,22-21-,25-23-,26-24+,34-29+,35-30+/t43-,44+,45-,46-/m0/s1. The van der Waals surface area contributed by atoms with E-state index >= 15 is 0 Å². The van der Waals surface area contributed by atoms with Crippen molar-refractivity contribution in [2.75, 3.05) is 47.5 Å². The monoisotopic (exact) mass is 876 g/mol. The number of hydrogen-bond acceptors (Lipinski definition) is 11. The lowest BCUT2D eigenvalue weighted by molar-refractivity contribution is -0.870. The Hall–Kier alpha value is -3.45. The topological polar surface area (TPSA) is 172 Å². The van der Waals surface area contributed by atoms with Crippen molar-refractivity contribution in [1.29, 1.82) is 0 Å². The van der Waals surface area contributed by atoms with Crippen molar-refractivity contribution in [3.05, 3.63) is 109 Å². The average Bonchev–Trinajstić information content (AvgIpc) is 3.20. The number of quaternary nitrogens is 1. The maximum atomic E-state index is 12.7. The Kier molecular flexibility index (Phi) is 36.1. The van der Waals surface area contributed by atoms with Gasteiger partial charge in [-0.25, -0.2) is 0 Å². The molecule has 0 aliphatic carbocycles.